The van der Waals surface area contributed by atoms with Gasteiger partial charge in [0.25, 0.3) is 0 Å². The van der Waals surface area contributed by atoms with Gasteiger partial charge in [-0.05, 0) is 48.9 Å². The highest BCUT2D eigenvalue weighted by molar-refractivity contribution is 5.83. The van der Waals surface area contributed by atoms with Gasteiger partial charge in [-0.25, -0.2) is 4.39 Å². The number of aromatic nitrogens is 3. The van der Waals surface area contributed by atoms with Crippen molar-refractivity contribution in [3.8, 4) is 0 Å². The lowest BCUT2D eigenvalue weighted by molar-refractivity contribution is -0.122. The molecular formula is C18H19FN4O. The number of nitrogens with zero attached hydrogens (tertiary/aromatic N) is 3. The molecule has 0 aliphatic heterocycles. The zero-order chi connectivity index (χ0) is 16.7. The summed E-state index contributed by atoms with van der Waals surface area (Å²) in [5.74, 6) is -0.367. The number of nitrogens with one attached hydrogen (secondary N) is 1. The summed E-state index contributed by atoms with van der Waals surface area (Å²) >= 11 is 0. The number of halogens is 1. The maximum absolute atomic E-state index is 13.4. The van der Waals surface area contributed by atoms with Crippen LogP contribution in [0.1, 0.15) is 30.1 Å². The fourth-order valence-electron chi connectivity index (χ4n) is 3.55. The van der Waals surface area contributed by atoms with Crippen LogP contribution in [0.3, 0.4) is 0 Å². The fourth-order valence-corrected chi connectivity index (χ4v) is 3.55. The monoisotopic (exact) mass is 326 g/mol. The van der Waals surface area contributed by atoms with Gasteiger partial charge in [-0.2, -0.15) is 5.10 Å². The van der Waals surface area contributed by atoms with E-state index in [0.717, 1.165) is 35.7 Å². The number of aryl methyl sites for hydroxylation is 1. The predicted octanol–water partition coefficient (Wildman–Crippen LogP) is 2.71. The van der Waals surface area contributed by atoms with Crippen molar-refractivity contribution in [1.82, 2.24) is 19.7 Å². The number of carbonyl (C=O) groups excluding carboxylic acids is 1. The molecule has 124 valence electrons. The van der Waals surface area contributed by atoms with Crippen molar-refractivity contribution in [2.45, 2.75) is 31.8 Å². The van der Waals surface area contributed by atoms with E-state index in [1.165, 1.54) is 17.8 Å². The third kappa shape index (κ3) is 2.58. The Morgan fingerprint density at radius 1 is 1.42 bits per heavy atom. The first kappa shape index (κ1) is 14.9. The van der Waals surface area contributed by atoms with Crippen LogP contribution in [0.2, 0.25) is 0 Å². The first-order valence-corrected chi connectivity index (χ1v) is 8.16. The minimum atomic E-state index is -0.296. The topological polar surface area (TPSA) is 51.9 Å². The van der Waals surface area contributed by atoms with E-state index in [0.29, 0.717) is 0 Å². The van der Waals surface area contributed by atoms with Gasteiger partial charge in [0.05, 0.1) is 17.8 Å². The molecule has 0 saturated heterocycles. The Bertz CT molecular complexity index is 911. The van der Waals surface area contributed by atoms with Crippen LogP contribution in [0.15, 0.2) is 36.7 Å². The van der Waals surface area contributed by atoms with Gasteiger partial charge < -0.3 is 9.88 Å². The third-order valence-electron chi connectivity index (χ3n) is 4.76. The summed E-state index contributed by atoms with van der Waals surface area (Å²) in [6.45, 7) is 0.180. The molecule has 4 rings (SSSR count). The zero-order valence-corrected chi connectivity index (χ0v) is 13.5. The van der Waals surface area contributed by atoms with Crippen LogP contribution in [-0.2, 0) is 24.8 Å². The molecule has 0 fully saturated rings. The molecule has 1 aliphatic carbocycles. The highest BCUT2D eigenvalue weighted by Gasteiger charge is 2.24. The van der Waals surface area contributed by atoms with Crippen molar-refractivity contribution in [3.63, 3.8) is 0 Å². The molecule has 0 spiro atoms. The van der Waals surface area contributed by atoms with Crippen LogP contribution >= 0.6 is 0 Å². The maximum Gasteiger partial charge on any atom is 0.240 e. The number of carbonyl (C=O) groups is 1. The van der Waals surface area contributed by atoms with Gasteiger partial charge >= 0.3 is 0 Å². The molecule has 3 aromatic rings. The molecule has 5 nitrogen and oxygen atoms in total. The Morgan fingerprint density at radius 2 is 2.29 bits per heavy atom. The lowest BCUT2D eigenvalue weighted by atomic mass is 9.93. The number of amides is 1. The minimum Gasteiger partial charge on any atom is -0.348 e. The summed E-state index contributed by atoms with van der Waals surface area (Å²) in [5, 5.41) is 8.33. The Kier molecular flexibility index (Phi) is 3.59. The number of hydrogen-bond donors (Lipinski definition) is 1. The molecule has 0 saturated carbocycles. The zero-order valence-electron chi connectivity index (χ0n) is 13.5. The number of rotatable bonds is 3. The fraction of sp³-hybridized carbons (Fsp3) is 0.333. The van der Waals surface area contributed by atoms with Crippen LogP contribution in [-0.4, -0.2) is 20.3 Å². The molecule has 0 unspecified atom stereocenters. The van der Waals surface area contributed by atoms with E-state index in [4.69, 9.17) is 0 Å². The van der Waals surface area contributed by atoms with Gasteiger partial charge in [0.1, 0.15) is 12.4 Å². The second-order valence-corrected chi connectivity index (χ2v) is 6.33. The minimum absolute atomic E-state index is 0.00788. The number of fused-ring (bicyclic) bond motifs is 2. The van der Waals surface area contributed by atoms with Gasteiger partial charge in [0, 0.05) is 24.5 Å². The van der Waals surface area contributed by atoms with Crippen LogP contribution in [0.25, 0.3) is 10.9 Å². The Hall–Kier alpha value is -2.63. The van der Waals surface area contributed by atoms with Gasteiger partial charge in [0.15, 0.2) is 0 Å². The second-order valence-electron chi connectivity index (χ2n) is 6.33. The molecule has 1 aliphatic rings. The lowest BCUT2D eigenvalue weighted by Gasteiger charge is -2.24. The maximum atomic E-state index is 13.4. The molecule has 1 aromatic carbocycles. The highest BCUT2D eigenvalue weighted by atomic mass is 19.1. The van der Waals surface area contributed by atoms with Crippen molar-refractivity contribution in [2.75, 3.05) is 0 Å². The van der Waals surface area contributed by atoms with E-state index >= 15 is 0 Å². The van der Waals surface area contributed by atoms with Gasteiger partial charge in [0.2, 0.25) is 5.91 Å². The summed E-state index contributed by atoms with van der Waals surface area (Å²) < 4.78 is 17.1. The summed E-state index contributed by atoms with van der Waals surface area (Å²) in [6, 6.07) is 6.51. The SMILES string of the molecule is Cn1ncc2c1CCC[C@H]2NC(=O)Cn1ccc2ccc(F)cc21. The first-order chi connectivity index (χ1) is 11.6. The molecule has 6 heteroatoms. The number of hydrogen-bond acceptors (Lipinski definition) is 2. The summed E-state index contributed by atoms with van der Waals surface area (Å²) in [7, 11) is 1.93. The van der Waals surface area contributed by atoms with Crippen LogP contribution in [0.4, 0.5) is 4.39 Å². The summed E-state index contributed by atoms with van der Waals surface area (Å²) in [4.78, 5) is 12.5. The molecule has 0 bridgehead atoms. The van der Waals surface area contributed by atoms with Crippen molar-refractivity contribution in [3.05, 3.63) is 53.7 Å². The Labute approximate surface area is 139 Å². The van der Waals surface area contributed by atoms with Gasteiger partial charge in [-0.1, -0.05) is 0 Å². The molecule has 1 atom stereocenters. The standard InChI is InChI=1S/C18H19FN4O/c1-22-16-4-2-3-15(14(16)10-20-22)21-18(24)11-23-8-7-12-5-6-13(19)9-17(12)23/h5-10,15H,2-4,11H2,1H3,(H,21,24)/t15-/m1/s1. The molecule has 2 aromatic heterocycles. The summed E-state index contributed by atoms with van der Waals surface area (Å²) in [6.07, 6.45) is 6.63. The first-order valence-electron chi connectivity index (χ1n) is 8.16. The van der Waals surface area contributed by atoms with E-state index < -0.39 is 0 Å². The van der Waals surface area contributed by atoms with Crippen molar-refractivity contribution >= 4 is 16.8 Å². The molecular weight excluding hydrogens is 307 g/mol. The highest BCUT2D eigenvalue weighted by Crippen LogP contribution is 2.29. The van der Waals surface area contributed by atoms with E-state index in [2.05, 4.69) is 10.4 Å². The largest absolute Gasteiger partial charge is 0.348 e. The molecule has 2 heterocycles. The third-order valence-corrected chi connectivity index (χ3v) is 4.76. The van der Waals surface area contributed by atoms with Crippen LogP contribution in [0.5, 0.6) is 0 Å². The number of benzene rings is 1. The van der Waals surface area contributed by atoms with Gasteiger partial charge in [-0.15, -0.1) is 0 Å². The predicted molar refractivity (Wildman–Crippen MR) is 88.9 cm³/mol. The lowest BCUT2D eigenvalue weighted by Crippen LogP contribution is -2.33. The van der Waals surface area contributed by atoms with E-state index in [1.807, 2.05) is 30.2 Å². The average molecular weight is 326 g/mol. The van der Waals surface area contributed by atoms with Gasteiger partial charge in [-0.3, -0.25) is 9.48 Å². The van der Waals surface area contributed by atoms with E-state index in [9.17, 15) is 9.18 Å². The van der Waals surface area contributed by atoms with E-state index in [-0.39, 0.29) is 24.3 Å². The smallest absolute Gasteiger partial charge is 0.240 e. The molecule has 1 N–H and O–H groups in total. The van der Waals surface area contributed by atoms with Crippen LogP contribution in [0, 0.1) is 5.82 Å². The quantitative estimate of drug-likeness (QED) is 0.804. The van der Waals surface area contributed by atoms with Crippen molar-refractivity contribution in [2.24, 2.45) is 7.05 Å². The van der Waals surface area contributed by atoms with Crippen LogP contribution < -0.4 is 5.32 Å². The molecule has 0 radical (unpaired) electrons. The second kappa shape index (κ2) is 5.78. The summed E-state index contributed by atoms with van der Waals surface area (Å²) in [5.41, 5.74) is 3.04. The normalized spacial score (nSPS) is 17.0. The Balaban J connectivity index is 1.52. The molecule has 24 heavy (non-hydrogen) atoms. The average Bonchev–Trinajstić information content (AvgIpc) is 3.13. The van der Waals surface area contributed by atoms with E-state index in [1.54, 1.807) is 10.6 Å². The van der Waals surface area contributed by atoms with Crippen molar-refractivity contribution < 1.29 is 9.18 Å². The van der Waals surface area contributed by atoms with Crippen molar-refractivity contribution in [1.29, 1.82) is 0 Å². The molecule has 1 amide bonds. The Morgan fingerprint density at radius 3 is 3.17 bits per heavy atom.